The SMILES string of the molecule is COc1ccc(CNC(=O)CSc2nnc3n(Cc4ccc(C)cc4)c4ccccc4n23)cc1. The van der Waals surface area contributed by atoms with Crippen LogP contribution in [0.2, 0.25) is 0 Å². The molecule has 0 atom stereocenters. The highest BCUT2D eigenvalue weighted by Gasteiger charge is 2.18. The van der Waals surface area contributed by atoms with Gasteiger partial charge in [0.15, 0.2) is 5.16 Å². The van der Waals surface area contributed by atoms with Gasteiger partial charge < -0.3 is 14.6 Å². The Hall–Kier alpha value is -3.78. The summed E-state index contributed by atoms with van der Waals surface area (Å²) in [5.74, 6) is 1.76. The Kier molecular flexibility index (Phi) is 6.22. The number of nitrogens with one attached hydrogen (secondary N) is 1. The van der Waals surface area contributed by atoms with E-state index in [0.717, 1.165) is 28.1 Å². The molecule has 34 heavy (non-hydrogen) atoms. The summed E-state index contributed by atoms with van der Waals surface area (Å²) in [6, 6.07) is 24.4. The summed E-state index contributed by atoms with van der Waals surface area (Å²) in [5.41, 5.74) is 5.55. The van der Waals surface area contributed by atoms with Gasteiger partial charge in [-0.25, -0.2) is 0 Å². The normalized spacial score (nSPS) is 11.2. The molecule has 5 rings (SSSR count). The van der Waals surface area contributed by atoms with Gasteiger partial charge in [0.05, 0.1) is 30.4 Å². The van der Waals surface area contributed by atoms with E-state index in [0.29, 0.717) is 18.2 Å². The van der Waals surface area contributed by atoms with Crippen molar-refractivity contribution in [3.05, 3.63) is 89.5 Å². The lowest BCUT2D eigenvalue weighted by molar-refractivity contribution is -0.118. The standard InChI is InChI=1S/C26H25N5O2S/c1-18-7-9-20(10-8-18)16-30-22-5-3-4-6-23(22)31-25(30)28-29-26(31)34-17-24(32)27-15-19-11-13-21(33-2)14-12-19/h3-14H,15-17H2,1-2H3,(H,27,32). The van der Waals surface area contributed by atoms with Crippen molar-refractivity contribution in [2.45, 2.75) is 25.2 Å². The molecular formula is C26H25N5O2S. The smallest absolute Gasteiger partial charge is 0.237 e. The Labute approximate surface area is 201 Å². The Balaban J connectivity index is 1.33. The molecule has 0 unspecified atom stereocenters. The monoisotopic (exact) mass is 471 g/mol. The molecule has 0 aliphatic heterocycles. The lowest BCUT2D eigenvalue weighted by atomic mass is 10.1. The molecule has 0 bridgehead atoms. The molecule has 3 aromatic carbocycles. The van der Waals surface area contributed by atoms with E-state index < -0.39 is 0 Å². The average Bonchev–Trinajstić information content (AvgIpc) is 3.42. The van der Waals surface area contributed by atoms with Crippen LogP contribution in [-0.4, -0.2) is 37.9 Å². The molecule has 0 spiro atoms. The molecule has 172 valence electrons. The molecular weight excluding hydrogens is 446 g/mol. The third-order valence-electron chi connectivity index (χ3n) is 5.71. The van der Waals surface area contributed by atoms with Crippen LogP contribution >= 0.6 is 11.8 Å². The van der Waals surface area contributed by atoms with Crippen molar-refractivity contribution in [2.75, 3.05) is 12.9 Å². The van der Waals surface area contributed by atoms with E-state index in [9.17, 15) is 4.79 Å². The topological polar surface area (TPSA) is 73.4 Å². The first-order valence-electron chi connectivity index (χ1n) is 11.0. The number of carbonyl (C=O) groups is 1. The maximum Gasteiger partial charge on any atom is 0.237 e. The number of benzene rings is 3. The fraction of sp³-hybridized carbons (Fsp3) is 0.192. The molecule has 7 nitrogen and oxygen atoms in total. The molecule has 2 aromatic heterocycles. The first-order valence-corrected chi connectivity index (χ1v) is 12.0. The van der Waals surface area contributed by atoms with Crippen LogP contribution in [0.1, 0.15) is 16.7 Å². The van der Waals surface area contributed by atoms with Crippen molar-refractivity contribution >= 4 is 34.5 Å². The van der Waals surface area contributed by atoms with Crippen LogP contribution < -0.4 is 10.1 Å². The first kappa shape index (κ1) is 22.0. The quantitative estimate of drug-likeness (QED) is 0.338. The highest BCUT2D eigenvalue weighted by atomic mass is 32.2. The predicted octanol–water partition coefficient (Wildman–Crippen LogP) is 4.46. The van der Waals surface area contributed by atoms with Crippen LogP contribution in [0.5, 0.6) is 5.75 Å². The number of amides is 1. The third kappa shape index (κ3) is 4.49. The largest absolute Gasteiger partial charge is 0.497 e. The van der Waals surface area contributed by atoms with Crippen LogP contribution in [0.15, 0.2) is 78.0 Å². The zero-order chi connectivity index (χ0) is 23.5. The van der Waals surface area contributed by atoms with Crippen LogP contribution in [0.3, 0.4) is 0 Å². The minimum Gasteiger partial charge on any atom is -0.497 e. The highest BCUT2D eigenvalue weighted by Crippen LogP contribution is 2.26. The zero-order valence-electron chi connectivity index (χ0n) is 19.1. The number of hydrogen-bond acceptors (Lipinski definition) is 5. The predicted molar refractivity (Wildman–Crippen MR) is 134 cm³/mol. The van der Waals surface area contributed by atoms with Crippen molar-refractivity contribution in [1.82, 2.24) is 24.5 Å². The zero-order valence-corrected chi connectivity index (χ0v) is 19.9. The van der Waals surface area contributed by atoms with E-state index >= 15 is 0 Å². The lowest BCUT2D eigenvalue weighted by Crippen LogP contribution is -2.24. The number of ether oxygens (including phenoxy) is 1. The molecule has 1 amide bonds. The van der Waals surface area contributed by atoms with Gasteiger partial charge in [-0.2, -0.15) is 0 Å². The summed E-state index contributed by atoms with van der Waals surface area (Å²) >= 11 is 1.39. The number of aryl methyl sites for hydroxylation is 1. The van der Waals surface area contributed by atoms with Gasteiger partial charge in [-0.3, -0.25) is 9.20 Å². The van der Waals surface area contributed by atoms with Gasteiger partial charge in [0, 0.05) is 6.54 Å². The molecule has 0 aliphatic carbocycles. The van der Waals surface area contributed by atoms with Gasteiger partial charge in [0.2, 0.25) is 11.7 Å². The number of fused-ring (bicyclic) bond motifs is 3. The molecule has 1 N–H and O–H groups in total. The van der Waals surface area contributed by atoms with Crippen LogP contribution in [0.25, 0.3) is 16.8 Å². The van der Waals surface area contributed by atoms with E-state index in [2.05, 4.69) is 63.4 Å². The molecule has 0 fully saturated rings. The van der Waals surface area contributed by atoms with E-state index in [1.165, 1.54) is 22.9 Å². The second kappa shape index (κ2) is 9.61. The number of para-hydroxylation sites is 2. The lowest BCUT2D eigenvalue weighted by Gasteiger charge is -2.06. The van der Waals surface area contributed by atoms with Gasteiger partial charge in [0.1, 0.15) is 5.75 Å². The summed E-state index contributed by atoms with van der Waals surface area (Å²) in [5, 5.41) is 12.5. The number of carbonyl (C=O) groups excluding carboxylic acids is 1. The van der Waals surface area contributed by atoms with E-state index in [-0.39, 0.29) is 11.7 Å². The van der Waals surface area contributed by atoms with Crippen LogP contribution in [0.4, 0.5) is 0 Å². The molecule has 0 radical (unpaired) electrons. The highest BCUT2D eigenvalue weighted by molar-refractivity contribution is 7.99. The summed E-state index contributed by atoms with van der Waals surface area (Å²) < 4.78 is 9.37. The minimum absolute atomic E-state index is 0.0547. The van der Waals surface area contributed by atoms with Gasteiger partial charge in [-0.15, -0.1) is 10.2 Å². The summed E-state index contributed by atoms with van der Waals surface area (Å²) in [4.78, 5) is 12.5. The third-order valence-corrected chi connectivity index (χ3v) is 6.64. The number of imidazole rings is 1. The summed E-state index contributed by atoms with van der Waals surface area (Å²) in [6.07, 6.45) is 0. The van der Waals surface area contributed by atoms with Crippen molar-refractivity contribution in [2.24, 2.45) is 0 Å². The van der Waals surface area contributed by atoms with Gasteiger partial charge in [0.25, 0.3) is 0 Å². The molecule has 0 saturated heterocycles. The van der Waals surface area contributed by atoms with E-state index in [4.69, 9.17) is 4.74 Å². The number of thioether (sulfide) groups is 1. The maximum absolute atomic E-state index is 12.5. The number of nitrogens with zero attached hydrogens (tertiary/aromatic N) is 4. The number of aromatic nitrogens is 4. The molecule has 0 saturated carbocycles. The Morgan fingerprint density at radius 2 is 1.65 bits per heavy atom. The summed E-state index contributed by atoms with van der Waals surface area (Å²) in [7, 11) is 1.63. The number of rotatable bonds is 8. The van der Waals surface area contributed by atoms with E-state index in [1.807, 2.05) is 40.8 Å². The minimum atomic E-state index is -0.0547. The van der Waals surface area contributed by atoms with Gasteiger partial charge in [-0.1, -0.05) is 65.9 Å². The second-order valence-corrected chi connectivity index (χ2v) is 9.03. The van der Waals surface area contributed by atoms with Crippen molar-refractivity contribution in [1.29, 1.82) is 0 Å². The molecule has 0 aliphatic rings. The Bertz CT molecular complexity index is 1440. The van der Waals surface area contributed by atoms with Gasteiger partial charge in [-0.05, 0) is 42.3 Å². The molecule has 5 aromatic rings. The first-order chi connectivity index (χ1) is 16.6. The second-order valence-electron chi connectivity index (χ2n) is 8.09. The van der Waals surface area contributed by atoms with Crippen LogP contribution in [0, 0.1) is 6.92 Å². The molecule has 2 heterocycles. The average molecular weight is 472 g/mol. The van der Waals surface area contributed by atoms with Crippen LogP contribution in [-0.2, 0) is 17.9 Å². The fourth-order valence-corrected chi connectivity index (χ4v) is 4.66. The number of hydrogen-bond donors (Lipinski definition) is 1. The molecule has 8 heteroatoms. The maximum atomic E-state index is 12.5. The fourth-order valence-electron chi connectivity index (χ4n) is 3.89. The van der Waals surface area contributed by atoms with Crippen molar-refractivity contribution in [3.63, 3.8) is 0 Å². The Morgan fingerprint density at radius 3 is 2.38 bits per heavy atom. The number of methoxy groups -OCH3 is 1. The van der Waals surface area contributed by atoms with Gasteiger partial charge >= 0.3 is 0 Å². The Morgan fingerprint density at radius 1 is 0.941 bits per heavy atom. The summed E-state index contributed by atoms with van der Waals surface area (Å²) in [6.45, 7) is 3.25. The van der Waals surface area contributed by atoms with Crippen molar-refractivity contribution in [3.8, 4) is 5.75 Å². The van der Waals surface area contributed by atoms with Crippen molar-refractivity contribution < 1.29 is 9.53 Å². The van der Waals surface area contributed by atoms with E-state index in [1.54, 1.807) is 7.11 Å².